The zero-order valence-electron chi connectivity index (χ0n) is 17.7. The van der Waals surface area contributed by atoms with Crippen molar-refractivity contribution in [3.63, 3.8) is 0 Å². The van der Waals surface area contributed by atoms with Gasteiger partial charge in [0.25, 0.3) is 0 Å². The van der Waals surface area contributed by atoms with Crippen LogP contribution >= 0.6 is 34.8 Å². The molecule has 3 aromatic carbocycles. The minimum Gasteiger partial charge on any atom is -0.492 e. The molecule has 0 bridgehead atoms. The van der Waals surface area contributed by atoms with Crippen LogP contribution in [0.4, 0.5) is 0 Å². The van der Waals surface area contributed by atoms with Crippen molar-refractivity contribution in [3.05, 3.63) is 99.5 Å². The summed E-state index contributed by atoms with van der Waals surface area (Å²) in [5.41, 5.74) is 5.56. The first-order valence-corrected chi connectivity index (χ1v) is 11.5. The van der Waals surface area contributed by atoms with Crippen LogP contribution in [0.1, 0.15) is 23.1 Å². The summed E-state index contributed by atoms with van der Waals surface area (Å²) in [4.78, 5) is 2.10. The number of allylic oxidation sites excluding steroid dienone is 1. The van der Waals surface area contributed by atoms with Gasteiger partial charge in [-0.2, -0.15) is 0 Å². The fraction of sp³-hybridized carbons (Fsp3) is 0.231. The molecular weight excluding hydrogens is 449 g/mol. The van der Waals surface area contributed by atoms with E-state index in [9.17, 15) is 0 Å². The quantitative estimate of drug-likeness (QED) is 0.235. The predicted octanol–water partition coefficient (Wildman–Crippen LogP) is 7.52. The summed E-state index contributed by atoms with van der Waals surface area (Å²) in [5.74, 6) is 1.37. The van der Waals surface area contributed by atoms with Crippen molar-refractivity contribution in [2.45, 2.75) is 6.42 Å². The van der Waals surface area contributed by atoms with Gasteiger partial charge in [0, 0.05) is 22.5 Å². The normalized spacial score (nSPS) is 12.1. The zero-order valence-corrected chi connectivity index (χ0v) is 20.0. The SMILES string of the molecule is CN(C)CCOc1ccc(/C(=C(/CCCl)c2ccc(Cl)cc2)c2ccc(Cl)cc2)cc1. The van der Waals surface area contributed by atoms with Gasteiger partial charge in [-0.15, -0.1) is 11.6 Å². The summed E-state index contributed by atoms with van der Waals surface area (Å²) in [7, 11) is 4.07. The van der Waals surface area contributed by atoms with E-state index in [4.69, 9.17) is 39.5 Å². The molecule has 162 valence electrons. The van der Waals surface area contributed by atoms with Gasteiger partial charge in [-0.05, 0) is 84.8 Å². The second kappa shape index (κ2) is 11.6. The summed E-state index contributed by atoms with van der Waals surface area (Å²) in [5, 5.41) is 1.42. The molecule has 0 aliphatic rings. The Bertz CT molecular complexity index is 994. The Labute approximate surface area is 200 Å². The van der Waals surface area contributed by atoms with Gasteiger partial charge in [-0.25, -0.2) is 0 Å². The molecular formula is C26H26Cl3NO. The average molecular weight is 475 g/mol. The van der Waals surface area contributed by atoms with E-state index in [1.54, 1.807) is 0 Å². The van der Waals surface area contributed by atoms with Gasteiger partial charge in [0.1, 0.15) is 12.4 Å². The number of rotatable bonds is 9. The minimum absolute atomic E-state index is 0.515. The maximum Gasteiger partial charge on any atom is 0.119 e. The van der Waals surface area contributed by atoms with Crippen molar-refractivity contribution in [1.82, 2.24) is 4.90 Å². The zero-order chi connectivity index (χ0) is 22.2. The molecule has 0 radical (unpaired) electrons. The number of nitrogens with zero attached hydrogens (tertiary/aromatic N) is 1. The van der Waals surface area contributed by atoms with Gasteiger partial charge >= 0.3 is 0 Å². The molecule has 0 spiro atoms. The van der Waals surface area contributed by atoms with E-state index in [1.807, 2.05) is 74.8 Å². The minimum atomic E-state index is 0.515. The van der Waals surface area contributed by atoms with Gasteiger partial charge in [0.05, 0.1) is 0 Å². The molecule has 0 saturated carbocycles. The Morgan fingerprint density at radius 2 is 1.23 bits per heavy atom. The van der Waals surface area contributed by atoms with Crippen LogP contribution in [0.25, 0.3) is 11.1 Å². The third-order valence-electron chi connectivity index (χ3n) is 4.92. The van der Waals surface area contributed by atoms with E-state index in [2.05, 4.69) is 17.0 Å². The lowest BCUT2D eigenvalue weighted by atomic mass is 9.88. The molecule has 0 amide bonds. The van der Waals surface area contributed by atoms with Crippen LogP contribution in [0.15, 0.2) is 72.8 Å². The highest BCUT2D eigenvalue weighted by Gasteiger charge is 2.14. The van der Waals surface area contributed by atoms with Crippen LogP contribution in [0.2, 0.25) is 10.0 Å². The smallest absolute Gasteiger partial charge is 0.119 e. The maximum absolute atomic E-state index is 6.22. The van der Waals surface area contributed by atoms with E-state index in [1.165, 1.54) is 0 Å². The first-order chi connectivity index (χ1) is 15.0. The van der Waals surface area contributed by atoms with Crippen LogP contribution in [0.5, 0.6) is 5.75 Å². The van der Waals surface area contributed by atoms with E-state index in [0.717, 1.165) is 46.6 Å². The number of ether oxygens (including phenoxy) is 1. The van der Waals surface area contributed by atoms with Crippen LogP contribution in [-0.2, 0) is 0 Å². The van der Waals surface area contributed by atoms with Gasteiger partial charge in [0.2, 0.25) is 0 Å². The molecule has 0 atom stereocenters. The summed E-state index contributed by atoms with van der Waals surface area (Å²) < 4.78 is 5.87. The summed E-state index contributed by atoms with van der Waals surface area (Å²) in [6, 6.07) is 24.0. The largest absolute Gasteiger partial charge is 0.492 e. The molecule has 0 aliphatic heterocycles. The highest BCUT2D eigenvalue weighted by Crippen LogP contribution is 2.36. The topological polar surface area (TPSA) is 12.5 Å². The standard InChI is InChI=1S/C26H26Cl3NO/c1-30(2)17-18-31-24-13-7-21(8-14-24)26(20-5-11-23(29)12-6-20)25(15-16-27)19-3-9-22(28)10-4-19/h3-14H,15-18H2,1-2H3/b26-25-. The Kier molecular flexibility index (Phi) is 8.86. The van der Waals surface area contributed by atoms with Gasteiger partial charge < -0.3 is 9.64 Å². The average Bonchev–Trinajstić information content (AvgIpc) is 2.76. The lowest BCUT2D eigenvalue weighted by Gasteiger charge is -2.18. The fourth-order valence-electron chi connectivity index (χ4n) is 3.35. The van der Waals surface area contributed by atoms with Crippen molar-refractivity contribution in [2.24, 2.45) is 0 Å². The van der Waals surface area contributed by atoms with E-state index in [0.29, 0.717) is 22.5 Å². The van der Waals surface area contributed by atoms with Crippen LogP contribution in [-0.4, -0.2) is 38.0 Å². The summed E-state index contributed by atoms with van der Waals surface area (Å²) in [6.07, 6.45) is 0.724. The summed E-state index contributed by atoms with van der Waals surface area (Å²) >= 11 is 18.5. The van der Waals surface area contributed by atoms with Crippen molar-refractivity contribution in [1.29, 1.82) is 0 Å². The first-order valence-electron chi connectivity index (χ1n) is 10.2. The number of likely N-dealkylation sites (N-methyl/N-ethyl adjacent to an activating group) is 1. The monoisotopic (exact) mass is 473 g/mol. The highest BCUT2D eigenvalue weighted by molar-refractivity contribution is 6.31. The first kappa shape index (κ1) is 23.7. The summed E-state index contributed by atoms with van der Waals surface area (Å²) in [6.45, 7) is 1.52. The van der Waals surface area contributed by atoms with E-state index >= 15 is 0 Å². The number of alkyl halides is 1. The fourth-order valence-corrected chi connectivity index (χ4v) is 3.80. The van der Waals surface area contributed by atoms with Gasteiger partial charge in [0.15, 0.2) is 0 Å². The third-order valence-corrected chi connectivity index (χ3v) is 5.62. The lowest BCUT2D eigenvalue weighted by Crippen LogP contribution is -2.19. The number of hydrogen-bond acceptors (Lipinski definition) is 2. The molecule has 0 aromatic heterocycles. The Morgan fingerprint density at radius 1 is 0.742 bits per heavy atom. The molecule has 0 fully saturated rings. The molecule has 0 unspecified atom stereocenters. The Hall–Kier alpha value is -1.97. The van der Waals surface area contributed by atoms with E-state index in [-0.39, 0.29) is 0 Å². The van der Waals surface area contributed by atoms with Crippen LogP contribution in [0, 0.1) is 0 Å². The van der Waals surface area contributed by atoms with Crippen molar-refractivity contribution in [2.75, 3.05) is 33.1 Å². The second-order valence-corrected chi connectivity index (χ2v) is 8.73. The predicted molar refractivity (Wildman–Crippen MR) is 135 cm³/mol. The molecule has 3 aromatic rings. The molecule has 0 aliphatic carbocycles. The van der Waals surface area contributed by atoms with Crippen LogP contribution in [0.3, 0.4) is 0 Å². The number of hydrogen-bond donors (Lipinski definition) is 0. The van der Waals surface area contributed by atoms with Crippen LogP contribution < -0.4 is 4.74 Å². The van der Waals surface area contributed by atoms with Crippen molar-refractivity contribution >= 4 is 45.9 Å². The molecule has 0 heterocycles. The molecule has 2 nitrogen and oxygen atoms in total. The number of halogens is 3. The molecule has 0 saturated heterocycles. The van der Waals surface area contributed by atoms with Crippen molar-refractivity contribution < 1.29 is 4.74 Å². The van der Waals surface area contributed by atoms with Gasteiger partial charge in [-0.1, -0.05) is 59.6 Å². The molecule has 5 heteroatoms. The Balaban J connectivity index is 2.06. The van der Waals surface area contributed by atoms with Gasteiger partial charge in [-0.3, -0.25) is 0 Å². The Morgan fingerprint density at radius 3 is 1.71 bits per heavy atom. The molecule has 0 N–H and O–H groups in total. The maximum atomic E-state index is 6.22. The third kappa shape index (κ3) is 6.75. The van der Waals surface area contributed by atoms with Crippen molar-refractivity contribution in [3.8, 4) is 5.75 Å². The molecule has 3 rings (SSSR count). The number of benzene rings is 3. The highest BCUT2D eigenvalue weighted by atomic mass is 35.5. The van der Waals surface area contributed by atoms with E-state index < -0.39 is 0 Å². The molecule has 31 heavy (non-hydrogen) atoms. The second-order valence-electron chi connectivity index (χ2n) is 7.48. The lowest BCUT2D eigenvalue weighted by molar-refractivity contribution is 0.261.